The number of benzene rings is 1. The first-order valence-corrected chi connectivity index (χ1v) is 7.24. The van der Waals surface area contributed by atoms with E-state index in [1.165, 1.54) is 12.1 Å². The van der Waals surface area contributed by atoms with Crippen molar-refractivity contribution in [1.82, 2.24) is 0 Å². The van der Waals surface area contributed by atoms with Crippen LogP contribution < -0.4 is 0 Å². The Morgan fingerprint density at radius 3 is 2.16 bits per heavy atom. The highest BCUT2D eigenvalue weighted by molar-refractivity contribution is 7.85. The Labute approximate surface area is 114 Å². The molecule has 1 aromatic carbocycles. The number of aliphatic hydroxyl groups is 1. The maximum atomic E-state index is 10.5. The average Bonchev–Trinajstić information content (AvgIpc) is 2.29. The van der Waals surface area contributed by atoms with E-state index >= 15 is 0 Å². The van der Waals surface area contributed by atoms with Crippen LogP contribution in [0.15, 0.2) is 46.5 Å². The lowest BCUT2D eigenvalue weighted by atomic mass is 10.2. The smallest absolute Gasteiger partial charge is 0.294 e. The van der Waals surface area contributed by atoms with Gasteiger partial charge >= 0.3 is 0 Å². The minimum absolute atomic E-state index is 0.0666. The van der Waals surface area contributed by atoms with E-state index in [9.17, 15) is 8.42 Å². The summed E-state index contributed by atoms with van der Waals surface area (Å²) >= 11 is 0. The predicted octanol–water partition coefficient (Wildman–Crippen LogP) is 2.73. The lowest BCUT2D eigenvalue weighted by Crippen LogP contribution is -1.96. The lowest BCUT2D eigenvalue weighted by molar-refractivity contribution is 0.302. The van der Waals surface area contributed by atoms with E-state index in [1.807, 2.05) is 26.8 Å². The van der Waals surface area contributed by atoms with E-state index in [-0.39, 0.29) is 11.5 Å². The molecule has 0 bridgehead atoms. The van der Waals surface area contributed by atoms with Gasteiger partial charge in [-0.05, 0) is 51.0 Å². The quantitative estimate of drug-likeness (QED) is 0.661. The number of rotatable bonds is 3. The molecule has 0 saturated heterocycles. The molecule has 1 aromatic rings. The van der Waals surface area contributed by atoms with Gasteiger partial charge in [0.05, 0.1) is 4.90 Å². The second kappa shape index (κ2) is 8.67. The zero-order valence-corrected chi connectivity index (χ0v) is 12.2. The minimum atomic E-state index is -4.02. The highest BCUT2D eigenvalue weighted by Crippen LogP contribution is 2.08. The van der Waals surface area contributed by atoms with Crippen LogP contribution in [0.2, 0.25) is 0 Å². The molecule has 0 heterocycles. The fourth-order valence-electron chi connectivity index (χ4n) is 1.05. The zero-order valence-electron chi connectivity index (χ0n) is 11.4. The molecule has 0 radical (unpaired) electrons. The minimum Gasteiger partial charge on any atom is -0.396 e. The molecule has 1 rings (SSSR count). The molecule has 4 nitrogen and oxygen atoms in total. The van der Waals surface area contributed by atoms with Crippen LogP contribution in [0.1, 0.15) is 25.8 Å². The third-order valence-corrected chi connectivity index (χ3v) is 2.85. The summed E-state index contributed by atoms with van der Waals surface area (Å²) in [7, 11) is -4.02. The van der Waals surface area contributed by atoms with Gasteiger partial charge < -0.3 is 5.11 Å². The highest BCUT2D eigenvalue weighted by atomic mass is 32.2. The third-order valence-electron chi connectivity index (χ3n) is 1.98. The van der Waals surface area contributed by atoms with E-state index in [0.29, 0.717) is 6.42 Å². The number of hydrogen-bond acceptors (Lipinski definition) is 3. The topological polar surface area (TPSA) is 74.6 Å². The molecule has 2 N–H and O–H groups in total. The van der Waals surface area contributed by atoms with Gasteiger partial charge in [-0.3, -0.25) is 4.55 Å². The number of hydrogen-bond donors (Lipinski definition) is 2. The van der Waals surface area contributed by atoms with Gasteiger partial charge in [0.1, 0.15) is 0 Å². The summed E-state index contributed by atoms with van der Waals surface area (Å²) in [6.45, 7) is 6.02. The van der Waals surface area contributed by atoms with Crippen LogP contribution in [-0.2, 0) is 10.1 Å². The first kappa shape index (κ1) is 17.6. The Morgan fingerprint density at radius 1 is 1.26 bits per heavy atom. The zero-order chi connectivity index (χ0) is 14.9. The van der Waals surface area contributed by atoms with Crippen molar-refractivity contribution in [2.24, 2.45) is 0 Å². The van der Waals surface area contributed by atoms with Gasteiger partial charge in [-0.2, -0.15) is 8.42 Å². The van der Waals surface area contributed by atoms with Crippen molar-refractivity contribution in [3.05, 3.63) is 47.2 Å². The van der Waals surface area contributed by atoms with Gasteiger partial charge in [-0.15, -0.1) is 5.73 Å². The van der Waals surface area contributed by atoms with E-state index < -0.39 is 10.1 Å². The largest absolute Gasteiger partial charge is 0.396 e. The summed E-state index contributed by atoms with van der Waals surface area (Å²) in [5.41, 5.74) is 5.09. The van der Waals surface area contributed by atoms with E-state index in [1.54, 1.807) is 12.1 Å². The van der Waals surface area contributed by atoms with Crippen molar-refractivity contribution < 1.29 is 18.1 Å². The molecule has 0 aliphatic rings. The molecule has 5 heteroatoms. The van der Waals surface area contributed by atoms with Crippen molar-refractivity contribution in [2.75, 3.05) is 6.61 Å². The molecule has 0 amide bonds. The van der Waals surface area contributed by atoms with Crippen molar-refractivity contribution >= 4 is 10.1 Å². The molecule has 0 aliphatic heterocycles. The molecule has 106 valence electrons. The molecule has 0 unspecified atom stereocenters. The van der Waals surface area contributed by atoms with Crippen molar-refractivity contribution in [1.29, 1.82) is 0 Å². The van der Waals surface area contributed by atoms with Crippen LogP contribution in [-0.4, -0.2) is 24.7 Å². The normalized spacial score (nSPS) is 9.95. The van der Waals surface area contributed by atoms with Gasteiger partial charge in [0.25, 0.3) is 10.1 Å². The van der Waals surface area contributed by atoms with Gasteiger partial charge in [0.15, 0.2) is 0 Å². The first-order chi connectivity index (χ1) is 8.77. The molecule has 0 aromatic heterocycles. The summed E-state index contributed by atoms with van der Waals surface area (Å²) in [4.78, 5) is -0.0666. The highest BCUT2D eigenvalue weighted by Gasteiger charge is 2.06. The Kier molecular flexibility index (Phi) is 8.03. The van der Waals surface area contributed by atoms with Crippen LogP contribution in [0.3, 0.4) is 0 Å². The van der Waals surface area contributed by atoms with Crippen LogP contribution in [0.5, 0.6) is 0 Å². The fraction of sp³-hybridized carbons (Fsp3) is 0.357. The second-order valence-electron chi connectivity index (χ2n) is 4.15. The Hall–Kier alpha value is -1.39. The second-order valence-corrected chi connectivity index (χ2v) is 5.57. The molecular weight excluding hydrogens is 264 g/mol. The maximum Gasteiger partial charge on any atom is 0.294 e. The van der Waals surface area contributed by atoms with Crippen LogP contribution in [0.25, 0.3) is 0 Å². The molecule has 0 saturated carbocycles. The van der Waals surface area contributed by atoms with Crippen LogP contribution in [0, 0.1) is 6.92 Å². The molecule has 0 spiro atoms. The maximum absolute atomic E-state index is 10.5. The summed E-state index contributed by atoms with van der Waals surface area (Å²) in [6, 6.07) is 5.99. The van der Waals surface area contributed by atoms with E-state index in [0.717, 1.165) is 11.1 Å². The summed E-state index contributed by atoms with van der Waals surface area (Å²) in [5, 5.41) is 8.30. The van der Waals surface area contributed by atoms with Gasteiger partial charge in [0.2, 0.25) is 0 Å². The van der Waals surface area contributed by atoms with E-state index in [2.05, 4.69) is 5.73 Å². The van der Waals surface area contributed by atoms with Crippen molar-refractivity contribution in [3.8, 4) is 0 Å². The van der Waals surface area contributed by atoms with Crippen LogP contribution in [0.4, 0.5) is 0 Å². The Morgan fingerprint density at radius 2 is 1.79 bits per heavy atom. The van der Waals surface area contributed by atoms with Crippen LogP contribution >= 0.6 is 0 Å². The van der Waals surface area contributed by atoms with Gasteiger partial charge in [-0.25, -0.2) is 0 Å². The fourth-order valence-corrected chi connectivity index (χ4v) is 1.53. The van der Waals surface area contributed by atoms with Gasteiger partial charge in [0, 0.05) is 6.61 Å². The molecule has 0 aliphatic carbocycles. The van der Waals surface area contributed by atoms with Gasteiger partial charge in [-0.1, -0.05) is 17.7 Å². The summed E-state index contributed by atoms with van der Waals surface area (Å²) in [5.74, 6) is 0. The Bertz CT molecular complexity index is 531. The summed E-state index contributed by atoms with van der Waals surface area (Å²) in [6.07, 6.45) is 2.56. The van der Waals surface area contributed by atoms with Crippen molar-refractivity contribution in [2.45, 2.75) is 32.1 Å². The number of aryl methyl sites for hydroxylation is 1. The lowest BCUT2D eigenvalue weighted by Gasteiger charge is -1.95. The predicted molar refractivity (Wildman–Crippen MR) is 75.6 cm³/mol. The average molecular weight is 284 g/mol. The molecule has 19 heavy (non-hydrogen) atoms. The Balaban J connectivity index is 0.000000362. The molecular formula is C14H20O4S. The standard InChI is InChI=1S/C7H8O3S.C7H12O/c1-6-2-4-7(5-3-6)11(8,9)10;1-7(2)5-3-4-6-8/h2-5H,1H3,(H,8,9,10);3,8H,4,6H2,1-2H3. The molecule has 0 fully saturated rings. The SMILES string of the molecule is CC(C)=C=CCCO.Cc1ccc(S(=O)(=O)O)cc1. The number of aliphatic hydroxyl groups excluding tert-OH is 1. The first-order valence-electron chi connectivity index (χ1n) is 5.80. The molecule has 0 atom stereocenters. The monoisotopic (exact) mass is 284 g/mol. The summed E-state index contributed by atoms with van der Waals surface area (Å²) < 4.78 is 29.6. The third kappa shape index (κ3) is 9.22. The van der Waals surface area contributed by atoms with Crippen molar-refractivity contribution in [3.63, 3.8) is 0 Å². The van der Waals surface area contributed by atoms with E-state index in [4.69, 9.17) is 9.66 Å².